The molecule has 166 valence electrons. The van der Waals surface area contributed by atoms with E-state index < -0.39 is 6.04 Å². The van der Waals surface area contributed by atoms with Gasteiger partial charge in [0, 0.05) is 17.6 Å². The van der Waals surface area contributed by atoms with E-state index in [0.717, 1.165) is 36.8 Å². The second-order valence-corrected chi connectivity index (χ2v) is 8.43. The Morgan fingerprint density at radius 1 is 1.06 bits per heavy atom. The molecule has 0 aliphatic heterocycles. The predicted molar refractivity (Wildman–Crippen MR) is 123 cm³/mol. The molecular weight excluding hydrogens is 412 g/mol. The first-order valence-corrected chi connectivity index (χ1v) is 11.4. The third-order valence-electron chi connectivity index (χ3n) is 5.62. The lowest BCUT2D eigenvalue weighted by molar-refractivity contribution is -0.146. The van der Waals surface area contributed by atoms with Crippen LogP contribution in [-0.4, -0.2) is 36.0 Å². The molecule has 3 rings (SSSR count). The first kappa shape index (κ1) is 23.3. The quantitative estimate of drug-likeness (QED) is 0.561. The Morgan fingerprint density at radius 2 is 1.74 bits per heavy atom. The number of rotatable bonds is 9. The minimum atomic E-state index is -0.621. The average Bonchev–Trinajstić information content (AvgIpc) is 2.77. The molecule has 31 heavy (non-hydrogen) atoms. The third-order valence-corrected chi connectivity index (χ3v) is 5.87. The summed E-state index contributed by atoms with van der Waals surface area (Å²) >= 11 is 6.10. The van der Waals surface area contributed by atoms with Gasteiger partial charge in [-0.1, -0.05) is 73.3 Å². The summed E-state index contributed by atoms with van der Waals surface area (Å²) in [5.41, 5.74) is 1.83. The van der Waals surface area contributed by atoms with Gasteiger partial charge in [-0.3, -0.25) is 14.5 Å². The van der Waals surface area contributed by atoms with E-state index in [9.17, 15) is 9.59 Å². The fourth-order valence-electron chi connectivity index (χ4n) is 4.13. The minimum absolute atomic E-state index is 0.0219. The van der Waals surface area contributed by atoms with Gasteiger partial charge in [-0.2, -0.15) is 0 Å². The first-order chi connectivity index (χ1) is 15.1. The molecule has 1 aliphatic carbocycles. The molecule has 1 saturated carbocycles. The van der Waals surface area contributed by atoms with Crippen LogP contribution in [0.2, 0.25) is 5.02 Å². The van der Waals surface area contributed by atoms with Crippen molar-refractivity contribution >= 4 is 23.5 Å². The van der Waals surface area contributed by atoms with Gasteiger partial charge in [-0.25, -0.2) is 0 Å². The molecule has 0 bridgehead atoms. The zero-order valence-electron chi connectivity index (χ0n) is 18.1. The van der Waals surface area contributed by atoms with E-state index in [1.165, 1.54) is 6.42 Å². The topological polar surface area (TPSA) is 58.6 Å². The second-order valence-electron chi connectivity index (χ2n) is 7.99. The Bertz CT molecular complexity index is 836. The van der Waals surface area contributed by atoms with Crippen LogP contribution in [-0.2, 0) is 20.9 Å². The van der Waals surface area contributed by atoms with Crippen molar-refractivity contribution in [1.82, 2.24) is 10.2 Å². The molecule has 1 amide bonds. The van der Waals surface area contributed by atoms with E-state index in [2.05, 4.69) is 5.32 Å². The van der Waals surface area contributed by atoms with Crippen molar-refractivity contribution in [3.63, 3.8) is 0 Å². The third kappa shape index (κ3) is 7.08. The number of benzene rings is 2. The van der Waals surface area contributed by atoms with Gasteiger partial charge in [0.15, 0.2) is 0 Å². The van der Waals surface area contributed by atoms with E-state index >= 15 is 0 Å². The highest BCUT2D eigenvalue weighted by molar-refractivity contribution is 6.30. The Hall–Kier alpha value is -2.37. The number of hydrogen-bond donors (Lipinski definition) is 1. The number of nitrogens with zero attached hydrogens (tertiary/aromatic N) is 1. The van der Waals surface area contributed by atoms with Crippen LogP contribution >= 0.6 is 11.6 Å². The standard InChI is InChI=1S/C25H31ClN2O3/c1-2-31-23(29)18-28(17-19-9-5-3-6-10-19)24(20-13-15-21(26)16-14-20)25(30)27-22-11-7-4-8-12-22/h3,5-6,9-10,13-16,22,24H,2,4,7-8,11-12,17-18H2,1H3,(H,27,30)/t24-/m1/s1. The molecule has 6 heteroatoms. The zero-order valence-corrected chi connectivity index (χ0v) is 18.8. The molecule has 1 fully saturated rings. The summed E-state index contributed by atoms with van der Waals surface area (Å²) in [5, 5.41) is 3.84. The van der Waals surface area contributed by atoms with Crippen molar-refractivity contribution < 1.29 is 14.3 Å². The number of halogens is 1. The van der Waals surface area contributed by atoms with E-state index in [1.54, 1.807) is 19.1 Å². The SMILES string of the molecule is CCOC(=O)CN(Cc1ccccc1)[C@@H](C(=O)NC1CCCCC1)c1ccc(Cl)cc1. The fraction of sp³-hybridized carbons (Fsp3) is 0.440. The van der Waals surface area contributed by atoms with Crippen molar-refractivity contribution in [3.05, 3.63) is 70.7 Å². The summed E-state index contributed by atoms with van der Waals surface area (Å²) in [7, 11) is 0. The van der Waals surface area contributed by atoms with Crippen molar-refractivity contribution in [2.75, 3.05) is 13.2 Å². The van der Waals surface area contributed by atoms with Crippen LogP contribution in [0.25, 0.3) is 0 Å². The summed E-state index contributed by atoms with van der Waals surface area (Å²) in [6.45, 7) is 2.56. The largest absolute Gasteiger partial charge is 0.465 e. The molecule has 1 atom stereocenters. The molecule has 1 N–H and O–H groups in total. The highest BCUT2D eigenvalue weighted by Gasteiger charge is 2.31. The van der Waals surface area contributed by atoms with Gasteiger partial charge in [0.25, 0.3) is 0 Å². The molecule has 0 aromatic heterocycles. The molecule has 0 radical (unpaired) electrons. The second kappa shape index (κ2) is 11.9. The molecule has 0 heterocycles. The average molecular weight is 443 g/mol. The van der Waals surface area contributed by atoms with E-state index in [-0.39, 0.29) is 24.5 Å². The maximum absolute atomic E-state index is 13.5. The van der Waals surface area contributed by atoms with Crippen molar-refractivity contribution in [3.8, 4) is 0 Å². The van der Waals surface area contributed by atoms with Gasteiger partial charge in [-0.15, -0.1) is 0 Å². The van der Waals surface area contributed by atoms with Crippen LogP contribution in [0.15, 0.2) is 54.6 Å². The number of ether oxygens (including phenoxy) is 1. The smallest absolute Gasteiger partial charge is 0.320 e. The van der Waals surface area contributed by atoms with Crippen LogP contribution in [0.1, 0.15) is 56.2 Å². The van der Waals surface area contributed by atoms with Gasteiger partial charge in [0.05, 0.1) is 13.2 Å². The number of amides is 1. The molecule has 0 spiro atoms. The zero-order chi connectivity index (χ0) is 22.1. The fourth-order valence-corrected chi connectivity index (χ4v) is 4.25. The summed E-state index contributed by atoms with van der Waals surface area (Å²) in [6, 6.07) is 16.7. The first-order valence-electron chi connectivity index (χ1n) is 11.1. The van der Waals surface area contributed by atoms with E-state index in [1.807, 2.05) is 47.4 Å². The van der Waals surface area contributed by atoms with Gasteiger partial charge in [-0.05, 0) is 43.0 Å². The summed E-state index contributed by atoms with van der Waals surface area (Å²) in [5.74, 6) is -0.433. The van der Waals surface area contributed by atoms with Crippen LogP contribution in [0, 0.1) is 0 Å². The Kier molecular flexibility index (Phi) is 8.92. The number of carbonyl (C=O) groups excluding carboxylic acids is 2. The van der Waals surface area contributed by atoms with E-state index in [4.69, 9.17) is 16.3 Å². The molecule has 5 nitrogen and oxygen atoms in total. The molecule has 2 aromatic carbocycles. The maximum Gasteiger partial charge on any atom is 0.320 e. The Balaban J connectivity index is 1.90. The minimum Gasteiger partial charge on any atom is -0.465 e. The highest BCUT2D eigenvalue weighted by atomic mass is 35.5. The number of hydrogen-bond acceptors (Lipinski definition) is 4. The van der Waals surface area contributed by atoms with Gasteiger partial charge in [0.2, 0.25) is 5.91 Å². The number of nitrogens with one attached hydrogen (secondary N) is 1. The molecule has 1 aliphatic rings. The predicted octanol–water partition coefficient (Wildman–Crippen LogP) is 4.90. The van der Waals surface area contributed by atoms with Gasteiger partial charge < -0.3 is 10.1 Å². The normalized spacial score (nSPS) is 15.5. The lowest BCUT2D eigenvalue weighted by Crippen LogP contribution is -2.46. The molecule has 0 unspecified atom stereocenters. The van der Waals surface area contributed by atoms with Crippen LogP contribution in [0.5, 0.6) is 0 Å². The van der Waals surface area contributed by atoms with Crippen molar-refractivity contribution in [2.24, 2.45) is 0 Å². The highest BCUT2D eigenvalue weighted by Crippen LogP contribution is 2.26. The van der Waals surface area contributed by atoms with Gasteiger partial charge in [0.1, 0.15) is 6.04 Å². The molecule has 0 saturated heterocycles. The number of carbonyl (C=O) groups is 2. The van der Waals surface area contributed by atoms with E-state index in [0.29, 0.717) is 18.2 Å². The lowest BCUT2D eigenvalue weighted by Gasteiger charge is -2.32. The molecular formula is C25H31ClN2O3. The Morgan fingerprint density at radius 3 is 2.39 bits per heavy atom. The summed E-state index contributed by atoms with van der Waals surface area (Å²) in [6.07, 6.45) is 5.47. The van der Waals surface area contributed by atoms with Crippen molar-refractivity contribution in [1.29, 1.82) is 0 Å². The maximum atomic E-state index is 13.5. The van der Waals surface area contributed by atoms with Gasteiger partial charge >= 0.3 is 5.97 Å². The van der Waals surface area contributed by atoms with Crippen LogP contribution in [0.3, 0.4) is 0 Å². The number of esters is 1. The summed E-state index contributed by atoms with van der Waals surface area (Å²) < 4.78 is 5.21. The Labute approximate surface area is 189 Å². The monoisotopic (exact) mass is 442 g/mol. The lowest BCUT2D eigenvalue weighted by atomic mass is 9.94. The van der Waals surface area contributed by atoms with Crippen LogP contribution in [0.4, 0.5) is 0 Å². The van der Waals surface area contributed by atoms with Crippen molar-refractivity contribution in [2.45, 2.75) is 57.7 Å². The summed E-state index contributed by atoms with van der Waals surface area (Å²) in [4.78, 5) is 27.8. The van der Waals surface area contributed by atoms with Crippen LogP contribution < -0.4 is 5.32 Å². The molecule has 2 aromatic rings.